The quantitative estimate of drug-likeness (QED) is 0.880. The van der Waals surface area contributed by atoms with Crippen molar-refractivity contribution in [1.29, 1.82) is 0 Å². The molecule has 1 aliphatic rings. The third kappa shape index (κ3) is 2.76. The molecule has 2 rings (SSSR count). The van der Waals surface area contributed by atoms with Crippen molar-refractivity contribution in [3.8, 4) is 0 Å². The molecular weight excluding hydrogens is 222 g/mol. The Morgan fingerprint density at radius 1 is 1.39 bits per heavy atom. The molecule has 1 fully saturated rings. The number of benzene rings is 1. The monoisotopic (exact) mass is 247 g/mol. The van der Waals surface area contributed by atoms with Gasteiger partial charge in [-0.1, -0.05) is 25.1 Å². The van der Waals surface area contributed by atoms with Gasteiger partial charge in [-0.15, -0.1) is 0 Å². The van der Waals surface area contributed by atoms with Gasteiger partial charge >= 0.3 is 0 Å². The first-order valence-electron chi connectivity index (χ1n) is 7.04. The first-order chi connectivity index (χ1) is 8.63. The van der Waals surface area contributed by atoms with E-state index in [1.807, 2.05) is 0 Å². The fourth-order valence-electron chi connectivity index (χ4n) is 2.94. The lowest BCUT2D eigenvalue weighted by Crippen LogP contribution is -2.29. The fraction of sp³-hybridized carbons (Fsp3) is 0.625. The van der Waals surface area contributed by atoms with E-state index in [9.17, 15) is 0 Å². The highest BCUT2D eigenvalue weighted by atomic mass is 16.5. The highest BCUT2D eigenvalue weighted by Gasteiger charge is 2.30. The summed E-state index contributed by atoms with van der Waals surface area (Å²) >= 11 is 0. The molecule has 1 aliphatic heterocycles. The predicted octanol–water partition coefficient (Wildman–Crippen LogP) is 3.38. The molecule has 3 unspecified atom stereocenters. The topological polar surface area (TPSA) is 21.3 Å². The van der Waals surface area contributed by atoms with Crippen molar-refractivity contribution in [2.75, 3.05) is 13.2 Å². The zero-order valence-corrected chi connectivity index (χ0v) is 12.0. The Bertz CT molecular complexity index is 402. The van der Waals surface area contributed by atoms with E-state index in [0.29, 0.717) is 18.1 Å². The molecule has 100 valence electrons. The molecule has 2 heteroatoms. The Morgan fingerprint density at radius 3 is 2.78 bits per heavy atom. The summed E-state index contributed by atoms with van der Waals surface area (Å²) in [5.41, 5.74) is 4.24. The van der Waals surface area contributed by atoms with Gasteiger partial charge in [0.15, 0.2) is 0 Å². The third-order valence-corrected chi connectivity index (χ3v) is 4.11. The molecule has 1 saturated heterocycles. The lowest BCUT2D eigenvalue weighted by molar-refractivity contribution is 0.117. The Hall–Kier alpha value is -0.860. The van der Waals surface area contributed by atoms with E-state index in [2.05, 4.69) is 51.2 Å². The van der Waals surface area contributed by atoms with Crippen LogP contribution in [0.3, 0.4) is 0 Å². The van der Waals surface area contributed by atoms with Crippen molar-refractivity contribution in [2.45, 2.75) is 46.3 Å². The second-order valence-electron chi connectivity index (χ2n) is 5.46. The largest absolute Gasteiger partial charge is 0.378 e. The van der Waals surface area contributed by atoms with Crippen LogP contribution in [0, 0.1) is 19.8 Å². The number of ether oxygens (including phenoxy) is 1. The minimum atomic E-state index is 0.404. The Morgan fingerprint density at radius 2 is 2.17 bits per heavy atom. The van der Waals surface area contributed by atoms with Crippen molar-refractivity contribution in [3.63, 3.8) is 0 Å². The molecule has 0 saturated carbocycles. The average molecular weight is 247 g/mol. The third-order valence-electron chi connectivity index (χ3n) is 4.11. The van der Waals surface area contributed by atoms with Crippen molar-refractivity contribution < 1.29 is 4.74 Å². The summed E-state index contributed by atoms with van der Waals surface area (Å²) in [6.45, 7) is 10.7. The van der Waals surface area contributed by atoms with Crippen LogP contribution in [0.4, 0.5) is 0 Å². The van der Waals surface area contributed by atoms with Crippen LogP contribution in [0.1, 0.15) is 43.0 Å². The molecule has 0 bridgehead atoms. The molecule has 1 aromatic carbocycles. The molecular formula is C16H25NO. The Kier molecular flexibility index (Phi) is 4.41. The zero-order chi connectivity index (χ0) is 13.1. The smallest absolute Gasteiger partial charge is 0.0551 e. The van der Waals surface area contributed by atoms with Gasteiger partial charge in [-0.2, -0.15) is 0 Å². The normalized spacial score (nSPS) is 25.3. The highest BCUT2D eigenvalue weighted by molar-refractivity contribution is 5.35. The summed E-state index contributed by atoms with van der Waals surface area (Å²) in [7, 11) is 0. The van der Waals surface area contributed by atoms with Gasteiger partial charge < -0.3 is 10.1 Å². The van der Waals surface area contributed by atoms with Crippen molar-refractivity contribution in [1.82, 2.24) is 5.32 Å². The first kappa shape index (κ1) is 13.6. The van der Waals surface area contributed by atoms with E-state index in [0.717, 1.165) is 19.6 Å². The van der Waals surface area contributed by atoms with Gasteiger partial charge in [0.25, 0.3) is 0 Å². The van der Waals surface area contributed by atoms with E-state index >= 15 is 0 Å². The summed E-state index contributed by atoms with van der Waals surface area (Å²) < 4.78 is 5.74. The van der Waals surface area contributed by atoms with Crippen molar-refractivity contribution >= 4 is 0 Å². The maximum atomic E-state index is 5.74. The maximum Gasteiger partial charge on any atom is 0.0551 e. The predicted molar refractivity (Wildman–Crippen MR) is 75.9 cm³/mol. The molecule has 3 atom stereocenters. The molecule has 18 heavy (non-hydrogen) atoms. The second-order valence-corrected chi connectivity index (χ2v) is 5.46. The summed E-state index contributed by atoms with van der Waals surface area (Å²) in [5.74, 6) is 0.598. The molecule has 1 N–H and O–H groups in total. The Balaban J connectivity index is 2.26. The van der Waals surface area contributed by atoms with Gasteiger partial charge in [0.2, 0.25) is 0 Å². The fourth-order valence-corrected chi connectivity index (χ4v) is 2.94. The van der Waals surface area contributed by atoms with Crippen LogP contribution in [0.5, 0.6) is 0 Å². The van der Waals surface area contributed by atoms with Gasteiger partial charge in [-0.3, -0.25) is 0 Å². The minimum absolute atomic E-state index is 0.404. The molecule has 0 radical (unpaired) electrons. The lowest BCUT2D eigenvalue weighted by atomic mass is 9.87. The molecule has 0 amide bonds. The Labute approximate surface area is 111 Å². The van der Waals surface area contributed by atoms with Crippen LogP contribution in [0.25, 0.3) is 0 Å². The standard InChI is InChI=1S/C16H25NO/c1-5-17-16(14-9-12(3)18-10-14)15-8-6-7-11(2)13(15)4/h6-8,12,14,16-17H,5,9-10H2,1-4H3. The zero-order valence-electron chi connectivity index (χ0n) is 12.0. The van der Waals surface area contributed by atoms with Gasteiger partial charge in [0, 0.05) is 12.0 Å². The number of aryl methyl sites for hydroxylation is 1. The van der Waals surface area contributed by atoms with Gasteiger partial charge in [-0.25, -0.2) is 0 Å². The molecule has 1 aromatic rings. The molecule has 0 aromatic heterocycles. The first-order valence-corrected chi connectivity index (χ1v) is 7.04. The number of hydrogen-bond donors (Lipinski definition) is 1. The summed E-state index contributed by atoms with van der Waals surface area (Å²) in [6, 6.07) is 7.05. The maximum absolute atomic E-state index is 5.74. The van der Waals surface area contributed by atoms with Crippen LogP contribution in [-0.2, 0) is 4.74 Å². The van der Waals surface area contributed by atoms with Gasteiger partial charge in [0.1, 0.15) is 0 Å². The number of rotatable bonds is 4. The van der Waals surface area contributed by atoms with Crippen LogP contribution in [0.2, 0.25) is 0 Å². The van der Waals surface area contributed by atoms with Gasteiger partial charge in [-0.05, 0) is 50.4 Å². The van der Waals surface area contributed by atoms with E-state index < -0.39 is 0 Å². The van der Waals surface area contributed by atoms with Crippen LogP contribution < -0.4 is 5.32 Å². The molecule has 0 aliphatic carbocycles. The minimum Gasteiger partial charge on any atom is -0.378 e. The van der Waals surface area contributed by atoms with Crippen molar-refractivity contribution in [3.05, 3.63) is 34.9 Å². The molecule has 2 nitrogen and oxygen atoms in total. The number of nitrogens with one attached hydrogen (secondary N) is 1. The van der Waals surface area contributed by atoms with E-state index in [-0.39, 0.29) is 0 Å². The van der Waals surface area contributed by atoms with E-state index in [4.69, 9.17) is 4.74 Å². The SMILES string of the molecule is CCNC(c1cccc(C)c1C)C1COC(C)C1. The summed E-state index contributed by atoms with van der Waals surface area (Å²) in [6.07, 6.45) is 1.56. The second kappa shape index (κ2) is 5.85. The van der Waals surface area contributed by atoms with Crippen LogP contribution in [0.15, 0.2) is 18.2 Å². The van der Waals surface area contributed by atoms with Crippen LogP contribution in [-0.4, -0.2) is 19.3 Å². The number of hydrogen-bond acceptors (Lipinski definition) is 2. The van der Waals surface area contributed by atoms with Crippen molar-refractivity contribution in [2.24, 2.45) is 5.92 Å². The summed E-state index contributed by atoms with van der Waals surface area (Å²) in [4.78, 5) is 0. The molecule has 0 spiro atoms. The van der Waals surface area contributed by atoms with Gasteiger partial charge in [0.05, 0.1) is 12.7 Å². The lowest BCUT2D eigenvalue weighted by Gasteiger charge is -2.26. The van der Waals surface area contributed by atoms with E-state index in [1.54, 1.807) is 0 Å². The summed E-state index contributed by atoms with van der Waals surface area (Å²) in [5, 5.41) is 3.65. The average Bonchev–Trinajstić information content (AvgIpc) is 2.77. The molecule has 1 heterocycles. The van der Waals surface area contributed by atoms with E-state index in [1.165, 1.54) is 16.7 Å². The highest BCUT2D eigenvalue weighted by Crippen LogP contribution is 2.33. The van der Waals surface area contributed by atoms with Crippen LogP contribution >= 0.6 is 0 Å².